The second kappa shape index (κ2) is 28.5. The largest absolute Gasteiger partial charge is 0.490 e. The third-order valence-electron chi connectivity index (χ3n) is 10.1. The fraction of sp³-hybridized carbons (Fsp3) is 0.188. The van der Waals surface area contributed by atoms with Crippen molar-refractivity contribution in [2.45, 2.75) is 31.9 Å². The Hall–Kier alpha value is -7.12. The molecule has 18 nitrogen and oxygen atoms in total. The summed E-state index contributed by atoms with van der Waals surface area (Å²) in [4.78, 5) is 118. The lowest BCUT2D eigenvalue weighted by atomic mass is 10.1. The van der Waals surface area contributed by atoms with Gasteiger partial charge in [0.2, 0.25) is 0 Å². The number of carbonyl (C=O) groups is 9. The van der Waals surface area contributed by atoms with E-state index in [9.17, 15) is 51.5 Å². The van der Waals surface area contributed by atoms with Crippen LogP contribution in [0.15, 0.2) is 110 Å². The SMILES string of the molecule is Cl.NCCCCN1C(=O)c2cccc(NC(=O)c3ccc(Cl)s3)c2C1=O.O=C(Cl)c1ccncc1.O=C(NCCCCN1C(=O)c2cccc(NC(=O)c3ccc(Cl)s3)c2C1=O)c1ccncc1.O=C(O)C(F)(F)F. The van der Waals surface area contributed by atoms with Crippen LogP contribution in [-0.2, 0) is 4.79 Å². The molecule has 75 heavy (non-hydrogen) atoms. The first kappa shape index (κ1) is 60.4. The van der Waals surface area contributed by atoms with Crippen LogP contribution in [0.1, 0.15) is 107 Å². The molecular weight excluding hydrogens is 1110 g/mol. The van der Waals surface area contributed by atoms with Gasteiger partial charge in [-0.1, -0.05) is 35.3 Å². The average Bonchev–Trinajstić information content (AvgIpc) is 4.14. The number of anilines is 2. The van der Waals surface area contributed by atoms with E-state index < -0.39 is 41.0 Å². The number of carbonyl (C=O) groups excluding carboxylic acids is 8. The fourth-order valence-corrected chi connectivity index (χ4v) is 8.62. The normalized spacial score (nSPS) is 12.1. The molecule has 4 aromatic heterocycles. The Morgan fingerprint density at radius 3 is 1.37 bits per heavy atom. The molecule has 0 fully saturated rings. The molecule has 0 unspecified atom stereocenters. The van der Waals surface area contributed by atoms with Gasteiger partial charge in [-0.15, -0.1) is 35.1 Å². The molecule has 27 heteroatoms. The topological polar surface area (TPSA) is 268 Å². The van der Waals surface area contributed by atoms with Crippen LogP contribution in [0.25, 0.3) is 0 Å². The molecule has 0 radical (unpaired) electrons. The number of rotatable bonds is 15. The number of unbranched alkanes of at least 4 members (excludes halogenated alkanes) is 2. The minimum absolute atomic E-state index is 0. The monoisotopic (exact) mass is 1150 g/mol. The molecule has 7 amide bonds. The van der Waals surface area contributed by atoms with Crippen LogP contribution >= 0.6 is 69.9 Å². The summed E-state index contributed by atoms with van der Waals surface area (Å²) in [5.74, 6) is -5.31. The molecule has 2 aromatic carbocycles. The zero-order valence-corrected chi connectivity index (χ0v) is 43.2. The predicted molar refractivity (Wildman–Crippen MR) is 278 cm³/mol. The van der Waals surface area contributed by atoms with Crippen LogP contribution in [-0.4, -0.2) is 110 Å². The summed E-state index contributed by atoms with van der Waals surface area (Å²) >= 11 is 19.1. The molecule has 6 aromatic rings. The molecular formula is C48H41Cl4F3N8O10S2. The number of pyridine rings is 2. The summed E-state index contributed by atoms with van der Waals surface area (Å²) < 4.78 is 32.7. The quantitative estimate of drug-likeness (QED) is 0.0365. The van der Waals surface area contributed by atoms with Gasteiger partial charge in [0.15, 0.2) is 0 Å². The van der Waals surface area contributed by atoms with Gasteiger partial charge in [0.05, 0.1) is 52.1 Å². The highest BCUT2D eigenvalue weighted by molar-refractivity contribution is 7.18. The van der Waals surface area contributed by atoms with Gasteiger partial charge in [0.25, 0.3) is 46.6 Å². The Kier molecular flexibility index (Phi) is 23.0. The highest BCUT2D eigenvalue weighted by Crippen LogP contribution is 2.33. The number of nitrogens with one attached hydrogen (secondary N) is 3. The van der Waals surface area contributed by atoms with Crippen molar-refractivity contribution in [3.8, 4) is 0 Å². The van der Waals surface area contributed by atoms with Crippen molar-refractivity contribution in [1.29, 1.82) is 0 Å². The molecule has 394 valence electrons. The van der Waals surface area contributed by atoms with Gasteiger partial charge < -0.3 is 26.8 Å². The van der Waals surface area contributed by atoms with Crippen LogP contribution in [0.5, 0.6) is 0 Å². The van der Waals surface area contributed by atoms with Gasteiger partial charge in [-0.05, 0) is 117 Å². The minimum atomic E-state index is -5.08. The average molecular weight is 1150 g/mol. The maximum absolute atomic E-state index is 13.0. The molecule has 0 atom stereocenters. The Morgan fingerprint density at radius 2 is 1.01 bits per heavy atom. The van der Waals surface area contributed by atoms with Crippen LogP contribution in [0.3, 0.4) is 0 Å². The summed E-state index contributed by atoms with van der Waals surface area (Å²) in [7, 11) is 0. The van der Waals surface area contributed by atoms with E-state index in [0.29, 0.717) is 79.7 Å². The number of aliphatic carboxylic acids is 1. The molecule has 2 aliphatic heterocycles. The third kappa shape index (κ3) is 16.7. The fourth-order valence-electron chi connectivity index (χ4n) is 6.62. The second-order valence-corrected chi connectivity index (χ2v) is 18.9. The van der Waals surface area contributed by atoms with Crippen molar-refractivity contribution in [2.75, 3.05) is 36.8 Å². The molecule has 6 N–H and O–H groups in total. The van der Waals surface area contributed by atoms with Crippen LogP contribution in [0, 0.1) is 0 Å². The highest BCUT2D eigenvalue weighted by atomic mass is 35.5. The first-order chi connectivity index (χ1) is 35.2. The number of alkyl halides is 3. The van der Waals surface area contributed by atoms with E-state index in [1.807, 2.05) is 0 Å². The van der Waals surface area contributed by atoms with Gasteiger partial charge in [-0.2, -0.15) is 13.2 Å². The molecule has 0 bridgehead atoms. The number of benzene rings is 2. The summed E-state index contributed by atoms with van der Waals surface area (Å²) in [5.41, 5.74) is 8.05. The lowest BCUT2D eigenvalue weighted by Crippen LogP contribution is -2.31. The van der Waals surface area contributed by atoms with E-state index in [4.69, 9.17) is 50.4 Å². The maximum Gasteiger partial charge on any atom is 0.490 e. The number of imide groups is 2. The number of fused-ring (bicyclic) bond motifs is 2. The van der Waals surface area contributed by atoms with Crippen LogP contribution in [0.2, 0.25) is 8.67 Å². The smallest absolute Gasteiger partial charge is 0.475 e. The van der Waals surface area contributed by atoms with Crippen molar-refractivity contribution >= 4 is 134 Å². The van der Waals surface area contributed by atoms with Gasteiger partial charge in [0, 0.05) is 55.5 Å². The Bertz CT molecular complexity index is 3060. The Labute approximate surface area is 453 Å². The molecule has 0 spiro atoms. The Morgan fingerprint density at radius 1 is 0.600 bits per heavy atom. The summed E-state index contributed by atoms with van der Waals surface area (Å²) in [5, 5.41) is 14.9. The standard InChI is InChI=1S/C23H19ClN4O4S.C17H16ClN3O3S.C6H4ClNO.C2HF3O2.ClH/c24-18-7-6-17(33-18)21(30)27-16-5-3-4-15-19(16)23(32)28(22(15)31)13-2-1-10-26-20(29)14-8-11-25-12-9-14;18-13-7-6-12(25-13)15(22)20-11-5-3-4-10-14(11)17(24)21(16(10)23)9-2-1-8-19;7-6(9)5-1-3-8-4-2-5;3-2(4,5)1(6)7;/h3-9,11-12H,1-2,10,13H2,(H,26,29)(H,27,30);3-7H,1-2,8-9,19H2,(H,20,22);1-4H;(H,6,7);1H. The molecule has 0 saturated carbocycles. The van der Waals surface area contributed by atoms with E-state index in [2.05, 4.69) is 25.9 Å². The highest BCUT2D eigenvalue weighted by Gasteiger charge is 2.39. The van der Waals surface area contributed by atoms with Gasteiger partial charge >= 0.3 is 12.1 Å². The van der Waals surface area contributed by atoms with E-state index in [0.717, 1.165) is 29.1 Å². The number of aromatic nitrogens is 2. The molecule has 0 aliphatic carbocycles. The number of carboxylic acids is 1. The summed E-state index contributed by atoms with van der Waals surface area (Å²) in [6, 6.07) is 22.5. The molecule has 0 saturated heterocycles. The molecule has 2 aliphatic rings. The number of amides is 7. The predicted octanol–water partition coefficient (Wildman–Crippen LogP) is 9.36. The van der Waals surface area contributed by atoms with Crippen molar-refractivity contribution in [3.05, 3.63) is 162 Å². The van der Waals surface area contributed by atoms with Crippen molar-refractivity contribution in [2.24, 2.45) is 5.73 Å². The zero-order chi connectivity index (χ0) is 54.1. The van der Waals surface area contributed by atoms with Gasteiger partial charge in [0.1, 0.15) is 0 Å². The first-order valence-electron chi connectivity index (χ1n) is 21.6. The van der Waals surface area contributed by atoms with E-state index in [-0.39, 0.29) is 59.1 Å². The van der Waals surface area contributed by atoms with Crippen molar-refractivity contribution < 1.29 is 61.4 Å². The number of thiophene rings is 2. The Balaban J connectivity index is 0.000000253. The van der Waals surface area contributed by atoms with E-state index in [1.165, 1.54) is 22.2 Å². The van der Waals surface area contributed by atoms with Crippen LogP contribution in [0.4, 0.5) is 24.5 Å². The summed E-state index contributed by atoms with van der Waals surface area (Å²) in [6.07, 6.45) is 3.55. The second-order valence-electron chi connectivity index (χ2n) is 15.1. The van der Waals surface area contributed by atoms with Gasteiger partial charge in [-0.3, -0.25) is 58.1 Å². The first-order valence-corrected chi connectivity index (χ1v) is 24.4. The molecule has 6 heterocycles. The lowest BCUT2D eigenvalue weighted by Gasteiger charge is -2.14. The van der Waals surface area contributed by atoms with Crippen molar-refractivity contribution in [3.63, 3.8) is 0 Å². The number of hydrogen-bond acceptors (Lipinski definition) is 14. The number of halogens is 7. The number of nitrogens with zero attached hydrogens (tertiary/aromatic N) is 4. The van der Waals surface area contributed by atoms with E-state index in [1.54, 1.807) is 97.3 Å². The zero-order valence-electron chi connectivity index (χ0n) is 38.5. The number of carboxylic acid groups (broad SMARTS) is 1. The summed E-state index contributed by atoms with van der Waals surface area (Å²) in [6.45, 7) is 1.45. The maximum atomic E-state index is 13.0. The minimum Gasteiger partial charge on any atom is -0.475 e. The number of hydrogen-bond donors (Lipinski definition) is 5. The van der Waals surface area contributed by atoms with Crippen LogP contribution < -0.4 is 21.7 Å². The van der Waals surface area contributed by atoms with E-state index >= 15 is 0 Å². The molecule has 8 rings (SSSR count). The lowest BCUT2D eigenvalue weighted by molar-refractivity contribution is -0.192. The van der Waals surface area contributed by atoms with Crippen molar-refractivity contribution in [1.82, 2.24) is 25.1 Å². The number of nitrogens with two attached hydrogens (primary N) is 1. The van der Waals surface area contributed by atoms with Gasteiger partial charge in [-0.25, -0.2) is 4.79 Å². The third-order valence-corrected chi connectivity index (χ3v) is 12.8.